The molecular weight excluding hydrogens is 194 g/mol. The van der Waals surface area contributed by atoms with Gasteiger partial charge in [0.05, 0.1) is 0 Å². The van der Waals surface area contributed by atoms with Crippen LogP contribution in [0.4, 0.5) is 0 Å². The van der Waals surface area contributed by atoms with E-state index >= 15 is 0 Å². The van der Waals surface area contributed by atoms with Crippen molar-refractivity contribution in [1.29, 1.82) is 0 Å². The first-order valence-corrected chi connectivity index (χ1v) is 4.19. The molecule has 10 heavy (non-hydrogen) atoms. The van der Waals surface area contributed by atoms with Crippen LogP contribution in [0.2, 0.25) is 0 Å². The largest absolute Gasteiger partial charge is 0.355 e. The van der Waals surface area contributed by atoms with Gasteiger partial charge in [-0.15, -0.1) is 12.3 Å². The molecule has 0 heterocycles. The summed E-state index contributed by atoms with van der Waals surface area (Å²) in [4.78, 5) is 10.7. The van der Waals surface area contributed by atoms with Crippen LogP contribution in [0.1, 0.15) is 12.8 Å². The van der Waals surface area contributed by atoms with E-state index < -0.39 is 0 Å². The molecule has 0 saturated heterocycles. The first kappa shape index (κ1) is 9.51. The fourth-order valence-electron chi connectivity index (χ4n) is 0.448. The number of rotatable bonds is 4. The maximum atomic E-state index is 10.7. The van der Waals surface area contributed by atoms with Gasteiger partial charge in [0.1, 0.15) is 0 Å². The molecule has 3 heteroatoms. The number of carbonyl (C=O) groups is 1. The minimum atomic E-state index is 0.0483. The molecule has 0 rings (SSSR count). The van der Waals surface area contributed by atoms with E-state index in [2.05, 4.69) is 27.2 Å². The second-order valence-corrected chi connectivity index (χ2v) is 2.54. The van der Waals surface area contributed by atoms with Gasteiger partial charge < -0.3 is 5.32 Å². The number of halogens is 1. The van der Waals surface area contributed by atoms with Crippen LogP contribution in [-0.4, -0.2) is 17.8 Å². The van der Waals surface area contributed by atoms with Crippen LogP contribution in [0.5, 0.6) is 0 Å². The summed E-state index contributed by atoms with van der Waals surface area (Å²) >= 11 is 3.16. The number of alkyl halides is 1. The van der Waals surface area contributed by atoms with Crippen LogP contribution in [0.3, 0.4) is 0 Å². The van der Waals surface area contributed by atoms with Crippen molar-refractivity contribution in [2.75, 3.05) is 11.9 Å². The van der Waals surface area contributed by atoms with Gasteiger partial charge >= 0.3 is 0 Å². The molecule has 0 unspecified atom stereocenters. The van der Waals surface area contributed by atoms with E-state index in [-0.39, 0.29) is 5.91 Å². The average molecular weight is 204 g/mol. The lowest BCUT2D eigenvalue weighted by atomic mass is 10.4. The van der Waals surface area contributed by atoms with Crippen molar-refractivity contribution in [2.45, 2.75) is 12.8 Å². The lowest BCUT2D eigenvalue weighted by Gasteiger charge is -1.98. The highest BCUT2D eigenvalue weighted by atomic mass is 79.9. The smallest absolute Gasteiger partial charge is 0.220 e. The first-order valence-electron chi connectivity index (χ1n) is 3.07. The Hall–Kier alpha value is -0.490. The zero-order chi connectivity index (χ0) is 7.82. The van der Waals surface area contributed by atoms with E-state index in [4.69, 9.17) is 6.42 Å². The van der Waals surface area contributed by atoms with Crippen molar-refractivity contribution < 1.29 is 4.79 Å². The second kappa shape index (κ2) is 6.63. The zero-order valence-electron chi connectivity index (χ0n) is 5.69. The van der Waals surface area contributed by atoms with Crippen molar-refractivity contribution in [2.24, 2.45) is 0 Å². The highest BCUT2D eigenvalue weighted by Crippen LogP contribution is 1.86. The molecule has 0 aliphatic carbocycles. The second-order valence-electron chi connectivity index (χ2n) is 1.74. The van der Waals surface area contributed by atoms with Crippen molar-refractivity contribution in [3.05, 3.63) is 0 Å². The molecular formula is C7H10BrNO. The molecule has 0 aliphatic rings. The fraction of sp³-hybridized carbons (Fsp3) is 0.571. The average Bonchev–Trinajstić information content (AvgIpc) is 1.89. The molecule has 0 saturated carbocycles. The number of hydrogen-bond donors (Lipinski definition) is 1. The molecule has 56 valence electrons. The fourth-order valence-corrected chi connectivity index (χ4v) is 0.808. The topological polar surface area (TPSA) is 29.1 Å². The monoisotopic (exact) mass is 203 g/mol. The van der Waals surface area contributed by atoms with Crippen LogP contribution in [0, 0.1) is 12.3 Å². The van der Waals surface area contributed by atoms with Crippen LogP contribution in [0.25, 0.3) is 0 Å². The van der Waals surface area contributed by atoms with E-state index in [0.717, 1.165) is 0 Å². The third kappa shape index (κ3) is 5.64. The van der Waals surface area contributed by atoms with E-state index in [1.165, 1.54) is 0 Å². The lowest BCUT2D eigenvalue weighted by molar-refractivity contribution is -0.120. The van der Waals surface area contributed by atoms with E-state index in [9.17, 15) is 4.79 Å². The van der Waals surface area contributed by atoms with Gasteiger partial charge in [-0.05, 0) is 0 Å². The van der Waals surface area contributed by atoms with Gasteiger partial charge in [0.2, 0.25) is 5.91 Å². The van der Waals surface area contributed by atoms with Gasteiger partial charge in [-0.3, -0.25) is 4.79 Å². The Bertz CT molecular complexity index is 139. The summed E-state index contributed by atoms with van der Waals surface area (Å²) in [5, 5.41) is 3.38. The normalized spacial score (nSPS) is 8.40. The van der Waals surface area contributed by atoms with E-state index in [0.29, 0.717) is 24.7 Å². The Morgan fingerprint density at radius 2 is 2.40 bits per heavy atom. The van der Waals surface area contributed by atoms with E-state index in [1.807, 2.05) is 0 Å². The van der Waals surface area contributed by atoms with Gasteiger partial charge in [0.15, 0.2) is 0 Å². The SMILES string of the molecule is C#CCCNC(=O)CCBr. The number of amides is 1. The number of terminal acetylenes is 1. The predicted molar refractivity (Wildman–Crippen MR) is 44.9 cm³/mol. The first-order chi connectivity index (χ1) is 4.81. The van der Waals surface area contributed by atoms with Crippen LogP contribution in [0.15, 0.2) is 0 Å². The summed E-state index contributed by atoms with van der Waals surface area (Å²) < 4.78 is 0. The molecule has 0 atom stereocenters. The summed E-state index contributed by atoms with van der Waals surface area (Å²) in [5.74, 6) is 2.49. The summed E-state index contributed by atoms with van der Waals surface area (Å²) in [7, 11) is 0. The Kier molecular flexibility index (Phi) is 6.30. The summed E-state index contributed by atoms with van der Waals surface area (Å²) in [6.45, 7) is 0.586. The third-order valence-corrected chi connectivity index (χ3v) is 1.31. The Balaban J connectivity index is 3.15. The predicted octanol–water partition coefficient (Wildman–Crippen LogP) is 0.911. The molecule has 0 aromatic heterocycles. The molecule has 0 aromatic carbocycles. The number of carbonyl (C=O) groups excluding carboxylic acids is 1. The van der Waals surface area contributed by atoms with Crippen LogP contribution < -0.4 is 5.32 Å². The Morgan fingerprint density at radius 3 is 2.90 bits per heavy atom. The number of hydrogen-bond acceptors (Lipinski definition) is 1. The maximum Gasteiger partial charge on any atom is 0.220 e. The molecule has 0 fully saturated rings. The Labute approximate surface area is 69.5 Å². The molecule has 1 N–H and O–H groups in total. The summed E-state index contributed by atoms with van der Waals surface area (Å²) in [6.07, 6.45) is 6.10. The summed E-state index contributed by atoms with van der Waals surface area (Å²) in [5.41, 5.74) is 0. The van der Waals surface area contributed by atoms with Crippen LogP contribution >= 0.6 is 15.9 Å². The van der Waals surface area contributed by atoms with Gasteiger partial charge in [0, 0.05) is 24.7 Å². The van der Waals surface area contributed by atoms with Gasteiger partial charge in [-0.25, -0.2) is 0 Å². The van der Waals surface area contributed by atoms with E-state index in [1.54, 1.807) is 0 Å². The van der Waals surface area contributed by atoms with Crippen LogP contribution in [-0.2, 0) is 4.79 Å². The van der Waals surface area contributed by atoms with Gasteiger partial charge in [-0.2, -0.15) is 0 Å². The molecule has 0 spiro atoms. The quantitative estimate of drug-likeness (QED) is 0.411. The molecule has 0 aromatic rings. The van der Waals surface area contributed by atoms with Gasteiger partial charge in [-0.1, -0.05) is 15.9 Å². The highest BCUT2D eigenvalue weighted by Gasteiger charge is 1.95. The van der Waals surface area contributed by atoms with Crippen molar-refractivity contribution in [3.8, 4) is 12.3 Å². The standard InChI is InChI=1S/C7H10BrNO/c1-2-3-6-9-7(10)4-5-8/h1H,3-6H2,(H,9,10). The molecule has 0 radical (unpaired) electrons. The lowest BCUT2D eigenvalue weighted by Crippen LogP contribution is -2.23. The van der Waals surface area contributed by atoms with Crippen molar-refractivity contribution in [3.63, 3.8) is 0 Å². The molecule has 2 nitrogen and oxygen atoms in total. The van der Waals surface area contributed by atoms with Gasteiger partial charge in [0.25, 0.3) is 0 Å². The minimum Gasteiger partial charge on any atom is -0.355 e. The third-order valence-electron chi connectivity index (χ3n) is 0.913. The highest BCUT2D eigenvalue weighted by molar-refractivity contribution is 9.09. The zero-order valence-corrected chi connectivity index (χ0v) is 7.28. The maximum absolute atomic E-state index is 10.7. The van der Waals surface area contributed by atoms with Crippen molar-refractivity contribution in [1.82, 2.24) is 5.32 Å². The number of nitrogens with one attached hydrogen (secondary N) is 1. The summed E-state index contributed by atoms with van der Waals surface area (Å²) in [6, 6.07) is 0. The molecule has 1 amide bonds. The molecule has 0 aliphatic heterocycles. The minimum absolute atomic E-state index is 0.0483. The Morgan fingerprint density at radius 1 is 1.70 bits per heavy atom. The van der Waals surface area contributed by atoms with Crippen molar-refractivity contribution >= 4 is 21.8 Å². The molecule has 0 bridgehead atoms.